The number of methoxy groups -OCH3 is 1. The quantitative estimate of drug-likeness (QED) is 0.0934. The third-order valence-electron chi connectivity index (χ3n) is 14.4. The van der Waals surface area contributed by atoms with Crippen LogP contribution < -0.4 is 10.1 Å². The summed E-state index contributed by atoms with van der Waals surface area (Å²) in [5, 5.41) is 4.49. The molecule has 0 aliphatic carbocycles. The van der Waals surface area contributed by atoms with Crippen molar-refractivity contribution in [2.45, 2.75) is 130 Å². The number of amides is 2. The molecule has 2 aromatic carbocycles. The lowest BCUT2D eigenvalue weighted by molar-refractivity contribution is -0.139. The second-order valence-corrected chi connectivity index (χ2v) is 20.4. The monoisotopic (exact) mass is 916 g/mol. The Morgan fingerprint density at radius 1 is 0.955 bits per heavy atom. The van der Waals surface area contributed by atoms with Gasteiger partial charge in [0, 0.05) is 65.9 Å². The zero-order chi connectivity index (χ0) is 46.2. The van der Waals surface area contributed by atoms with E-state index in [-0.39, 0.29) is 35.9 Å². The molecule has 6 atom stereocenters. The molecule has 0 bridgehead atoms. The van der Waals surface area contributed by atoms with Crippen LogP contribution in [0.1, 0.15) is 126 Å². The summed E-state index contributed by atoms with van der Waals surface area (Å²) in [6.07, 6.45) is 10.2. The number of halogens is 1. The van der Waals surface area contributed by atoms with Crippen molar-refractivity contribution in [2.75, 3.05) is 20.2 Å². The summed E-state index contributed by atoms with van der Waals surface area (Å²) >= 11 is 1.62. The van der Waals surface area contributed by atoms with Gasteiger partial charge in [-0.05, 0) is 106 Å². The lowest BCUT2D eigenvalue weighted by Gasteiger charge is -2.40. The summed E-state index contributed by atoms with van der Waals surface area (Å²) < 4.78 is 31.2. The maximum absolute atomic E-state index is 16.8. The number of fused-ring (bicyclic) bond motifs is 5. The minimum atomic E-state index is -0.551. The Labute approximate surface area is 391 Å². The number of aromatic nitrogens is 5. The van der Waals surface area contributed by atoms with Gasteiger partial charge in [0.15, 0.2) is 0 Å². The fourth-order valence-corrected chi connectivity index (χ4v) is 11.4. The third-order valence-corrected chi connectivity index (χ3v) is 15.5. The summed E-state index contributed by atoms with van der Waals surface area (Å²) in [5.41, 5.74) is 5.22. The number of benzene rings is 2. The number of rotatable bonds is 15. The summed E-state index contributed by atoms with van der Waals surface area (Å²) in [7, 11) is 1.69. The molecular weight excluding hydrogens is 852 g/mol. The molecule has 3 aliphatic heterocycles. The molecule has 350 valence electrons. The Morgan fingerprint density at radius 3 is 2.56 bits per heavy atom. The average Bonchev–Trinajstić information content (AvgIpc) is 4.15. The van der Waals surface area contributed by atoms with Crippen molar-refractivity contribution >= 4 is 34.1 Å². The number of hydrogen-bond acceptors (Lipinski definition) is 8. The second kappa shape index (κ2) is 19.5. The van der Waals surface area contributed by atoms with Gasteiger partial charge in [0.1, 0.15) is 23.2 Å². The number of nitrogens with one attached hydrogen (secondary N) is 3. The van der Waals surface area contributed by atoms with E-state index in [2.05, 4.69) is 101 Å². The summed E-state index contributed by atoms with van der Waals surface area (Å²) in [5.74, 6) is 3.21. The largest absolute Gasteiger partial charge is 0.464 e. The molecule has 9 rings (SSSR count). The first-order valence-electron chi connectivity index (χ1n) is 24.1. The molecule has 0 radical (unpaired) electrons. The number of likely N-dealkylation sites (tertiary alicyclic amines) is 2. The number of nitrogens with zero attached hydrogens (tertiary/aromatic N) is 5. The van der Waals surface area contributed by atoms with E-state index in [1.807, 2.05) is 24.1 Å². The first-order chi connectivity index (χ1) is 31.9. The van der Waals surface area contributed by atoms with Gasteiger partial charge in [0.2, 0.25) is 18.0 Å². The first-order valence-corrected chi connectivity index (χ1v) is 24.9. The van der Waals surface area contributed by atoms with Gasteiger partial charge in [-0.25, -0.2) is 14.4 Å². The molecule has 2 amide bonds. The lowest BCUT2D eigenvalue weighted by Crippen LogP contribution is -2.51. The summed E-state index contributed by atoms with van der Waals surface area (Å²) in [6.45, 7) is 15.5. The van der Waals surface area contributed by atoms with E-state index >= 15 is 4.39 Å². The second-order valence-electron chi connectivity index (χ2n) is 19.2. The number of piperidine rings is 2. The molecule has 14 heteroatoms. The van der Waals surface area contributed by atoms with Crippen molar-refractivity contribution in [1.29, 1.82) is 0 Å². The van der Waals surface area contributed by atoms with Crippen molar-refractivity contribution in [3.05, 3.63) is 88.1 Å². The standard InChI is InChI=1S/C52H65FN8O4S/c1-8-12-48(62)60-19-10-9-14-47(60)55-28-46-54-26-41(57-46)35-23-39(53)49-43-24-36-22-34(15-17-42(36)61(43)52(65-44(49)25-35)45-18-16-37(66-45)29-64-7)40-27-56-50(58-40)38-13-11-20-59(33(38)6)51(63)32(5)21-31(4)30(2)3/h15-18,22-27,30-33,38,47,52,55H,8-14,19-21,28-29H2,1-7H3,(H,54,57)(H,56,58). The number of carbonyl (C=O) groups is 2. The van der Waals surface area contributed by atoms with Crippen molar-refractivity contribution < 1.29 is 23.5 Å². The minimum Gasteiger partial charge on any atom is -0.464 e. The maximum Gasteiger partial charge on any atom is 0.225 e. The SMILES string of the molecule is CCCC(=O)N1CCCCC1NCc1ncc(-c2cc(F)c3c(c2)OC(c2ccc(COC)s2)n2c-3cc3cc(-c4cnc(C5CCCN(C(=O)C(C)CC(C)C(C)C)C5C)[nH]4)ccc32)[nH]1. The molecular formula is C52H65FN8O4S. The molecule has 0 spiro atoms. The highest BCUT2D eigenvalue weighted by Gasteiger charge is 2.37. The normalized spacial score (nSPS) is 20.6. The summed E-state index contributed by atoms with van der Waals surface area (Å²) in [4.78, 5) is 49.3. The van der Waals surface area contributed by atoms with E-state index in [1.54, 1.807) is 30.7 Å². The number of carbonyl (C=O) groups excluding carboxylic acids is 2. The molecule has 4 aromatic heterocycles. The van der Waals surface area contributed by atoms with E-state index < -0.39 is 12.0 Å². The average molecular weight is 917 g/mol. The number of aromatic amines is 2. The summed E-state index contributed by atoms with van der Waals surface area (Å²) in [6, 6.07) is 16.0. The minimum absolute atomic E-state index is 0.0174. The van der Waals surface area contributed by atoms with E-state index in [9.17, 15) is 9.59 Å². The zero-order valence-corrected chi connectivity index (χ0v) is 40.3. The Bertz CT molecular complexity index is 2680. The number of ether oxygens (including phenoxy) is 2. The topological polar surface area (TPSA) is 133 Å². The van der Waals surface area contributed by atoms with Crippen LogP contribution in [0.4, 0.5) is 4.39 Å². The lowest BCUT2D eigenvalue weighted by atomic mass is 9.85. The van der Waals surface area contributed by atoms with Crippen molar-refractivity contribution in [3.8, 4) is 39.5 Å². The number of imidazole rings is 2. The van der Waals surface area contributed by atoms with Crippen molar-refractivity contribution in [1.82, 2.24) is 39.6 Å². The molecule has 6 unspecified atom stereocenters. The predicted octanol–water partition coefficient (Wildman–Crippen LogP) is 11.0. The van der Waals surface area contributed by atoms with Crippen LogP contribution >= 0.6 is 11.3 Å². The van der Waals surface area contributed by atoms with Crippen molar-refractivity contribution in [3.63, 3.8) is 0 Å². The predicted molar refractivity (Wildman–Crippen MR) is 258 cm³/mol. The van der Waals surface area contributed by atoms with Gasteiger partial charge in [-0.3, -0.25) is 19.5 Å². The Kier molecular flexibility index (Phi) is 13.5. The van der Waals surface area contributed by atoms with Crippen LogP contribution in [0.25, 0.3) is 44.7 Å². The highest BCUT2D eigenvalue weighted by Crippen LogP contribution is 2.48. The van der Waals surface area contributed by atoms with Crippen LogP contribution in [0.2, 0.25) is 0 Å². The first kappa shape index (κ1) is 45.8. The Hall–Kier alpha value is -5.31. The van der Waals surface area contributed by atoms with Crippen LogP contribution in [0.5, 0.6) is 5.75 Å². The third kappa shape index (κ3) is 9.08. The molecule has 6 aromatic rings. The van der Waals surface area contributed by atoms with E-state index in [0.29, 0.717) is 59.8 Å². The van der Waals surface area contributed by atoms with Gasteiger partial charge in [0.25, 0.3) is 0 Å². The van der Waals surface area contributed by atoms with Gasteiger partial charge in [0.05, 0.1) is 64.8 Å². The highest BCUT2D eigenvalue weighted by atomic mass is 32.1. The molecule has 3 N–H and O–H groups in total. The number of hydrogen-bond donors (Lipinski definition) is 3. The molecule has 2 fully saturated rings. The fourth-order valence-electron chi connectivity index (χ4n) is 10.4. The van der Waals surface area contributed by atoms with E-state index in [1.165, 1.54) is 0 Å². The molecule has 0 saturated carbocycles. The highest BCUT2D eigenvalue weighted by molar-refractivity contribution is 7.12. The van der Waals surface area contributed by atoms with Crippen LogP contribution in [0.15, 0.2) is 60.9 Å². The van der Waals surface area contributed by atoms with Crippen LogP contribution in [-0.2, 0) is 27.5 Å². The maximum atomic E-state index is 16.8. The fraction of sp³-hybridized carbons (Fsp3) is 0.500. The molecule has 66 heavy (non-hydrogen) atoms. The Balaban J connectivity index is 0.993. The van der Waals surface area contributed by atoms with Gasteiger partial charge in [-0.1, -0.05) is 40.7 Å². The van der Waals surface area contributed by atoms with Crippen LogP contribution in [0, 0.1) is 23.6 Å². The van der Waals surface area contributed by atoms with Crippen LogP contribution in [0.3, 0.4) is 0 Å². The van der Waals surface area contributed by atoms with Gasteiger partial charge < -0.3 is 29.2 Å². The number of thiophene rings is 1. The van der Waals surface area contributed by atoms with E-state index in [4.69, 9.17) is 14.5 Å². The van der Waals surface area contributed by atoms with Crippen LogP contribution in [-0.4, -0.2) is 78.5 Å². The Morgan fingerprint density at radius 2 is 1.76 bits per heavy atom. The zero-order valence-electron chi connectivity index (χ0n) is 39.5. The van der Waals surface area contributed by atoms with E-state index in [0.717, 1.165) is 101 Å². The van der Waals surface area contributed by atoms with Crippen molar-refractivity contribution in [2.24, 2.45) is 17.8 Å². The van der Waals surface area contributed by atoms with Gasteiger partial charge >= 0.3 is 0 Å². The van der Waals surface area contributed by atoms with Gasteiger partial charge in [-0.2, -0.15) is 0 Å². The smallest absolute Gasteiger partial charge is 0.225 e. The molecule has 12 nitrogen and oxygen atoms in total. The number of H-pyrrole nitrogens is 2. The molecule has 7 heterocycles. The molecule has 3 aliphatic rings. The van der Waals surface area contributed by atoms with Gasteiger partial charge in [-0.15, -0.1) is 11.3 Å². The molecule has 2 saturated heterocycles.